The predicted octanol–water partition coefficient (Wildman–Crippen LogP) is 1.09. The van der Waals surface area contributed by atoms with Crippen LogP contribution in [-0.4, -0.2) is 35.1 Å². The second-order valence-corrected chi connectivity index (χ2v) is 3.86. The number of carbonyl (C=O) groups is 1. The molecule has 4 nitrogen and oxygen atoms in total. The Labute approximate surface area is 84.1 Å². The molecular weight excluding hydrogens is 180 g/mol. The summed E-state index contributed by atoms with van der Waals surface area (Å²) in [6, 6.07) is 2.51. The van der Waals surface area contributed by atoms with Crippen LogP contribution in [-0.2, 0) is 4.79 Å². The lowest BCUT2D eigenvalue weighted by Gasteiger charge is -2.35. The van der Waals surface area contributed by atoms with Gasteiger partial charge in [0.1, 0.15) is 0 Å². The van der Waals surface area contributed by atoms with Crippen LogP contribution in [0.3, 0.4) is 0 Å². The quantitative estimate of drug-likeness (QED) is 0.733. The Morgan fingerprint density at radius 1 is 1.64 bits per heavy atom. The van der Waals surface area contributed by atoms with Gasteiger partial charge in [0.2, 0.25) is 0 Å². The van der Waals surface area contributed by atoms with Gasteiger partial charge in [-0.2, -0.15) is 5.26 Å². The molecule has 78 valence electrons. The van der Waals surface area contributed by atoms with E-state index >= 15 is 0 Å². The normalized spacial score (nSPS) is 28.3. The number of hydrogen-bond donors (Lipinski definition) is 1. The van der Waals surface area contributed by atoms with E-state index in [1.165, 1.54) is 0 Å². The minimum atomic E-state index is -0.709. The van der Waals surface area contributed by atoms with Crippen molar-refractivity contribution in [3.05, 3.63) is 0 Å². The van der Waals surface area contributed by atoms with Gasteiger partial charge in [-0.1, -0.05) is 0 Å². The molecule has 1 N–H and O–H groups in total. The molecule has 0 aromatic carbocycles. The van der Waals surface area contributed by atoms with E-state index in [1.54, 1.807) is 0 Å². The van der Waals surface area contributed by atoms with Gasteiger partial charge in [0.25, 0.3) is 0 Å². The van der Waals surface area contributed by atoms with Gasteiger partial charge in [-0.25, -0.2) is 0 Å². The molecule has 0 aromatic rings. The van der Waals surface area contributed by atoms with Crippen LogP contribution in [0.15, 0.2) is 0 Å². The van der Waals surface area contributed by atoms with Gasteiger partial charge in [-0.15, -0.1) is 0 Å². The molecule has 0 bridgehead atoms. The molecule has 1 saturated heterocycles. The van der Waals surface area contributed by atoms with E-state index in [0.29, 0.717) is 25.6 Å². The van der Waals surface area contributed by atoms with Crippen LogP contribution in [0.1, 0.15) is 26.2 Å². The average Bonchev–Trinajstić information content (AvgIpc) is 2.16. The summed E-state index contributed by atoms with van der Waals surface area (Å²) in [5.41, 5.74) is 0. The van der Waals surface area contributed by atoms with Gasteiger partial charge in [0.05, 0.1) is 12.0 Å². The standard InChI is InChI=1S/C10H16N2O2/c1-8-3-4-9(10(13)14)7-12(8)6-2-5-11/h8-9H,2-4,6-7H2,1H3,(H,13,14). The van der Waals surface area contributed by atoms with Crippen molar-refractivity contribution in [3.63, 3.8) is 0 Å². The fraction of sp³-hybridized carbons (Fsp3) is 0.800. The van der Waals surface area contributed by atoms with Gasteiger partial charge in [0.15, 0.2) is 0 Å². The topological polar surface area (TPSA) is 64.3 Å². The molecule has 4 heteroatoms. The van der Waals surface area contributed by atoms with E-state index in [-0.39, 0.29) is 5.92 Å². The number of likely N-dealkylation sites (tertiary alicyclic amines) is 1. The summed E-state index contributed by atoms with van der Waals surface area (Å²) in [5, 5.41) is 17.3. The molecular formula is C10H16N2O2. The number of nitrogens with zero attached hydrogens (tertiary/aromatic N) is 2. The SMILES string of the molecule is CC1CCC(C(=O)O)CN1CCC#N. The molecule has 0 radical (unpaired) electrons. The van der Waals surface area contributed by atoms with Crippen molar-refractivity contribution >= 4 is 5.97 Å². The number of aliphatic carboxylic acids is 1. The lowest BCUT2D eigenvalue weighted by atomic mass is 9.93. The number of hydrogen-bond acceptors (Lipinski definition) is 3. The van der Waals surface area contributed by atoms with Crippen molar-refractivity contribution in [1.82, 2.24) is 4.90 Å². The van der Waals surface area contributed by atoms with Crippen LogP contribution in [0.4, 0.5) is 0 Å². The Hall–Kier alpha value is -1.08. The zero-order chi connectivity index (χ0) is 10.6. The molecule has 1 aliphatic heterocycles. The Morgan fingerprint density at radius 2 is 2.36 bits per heavy atom. The van der Waals surface area contributed by atoms with Crippen molar-refractivity contribution in [2.75, 3.05) is 13.1 Å². The van der Waals surface area contributed by atoms with E-state index in [2.05, 4.69) is 17.9 Å². The summed E-state index contributed by atoms with van der Waals surface area (Å²) >= 11 is 0. The third kappa shape index (κ3) is 2.71. The largest absolute Gasteiger partial charge is 0.481 e. The van der Waals surface area contributed by atoms with Crippen LogP contribution in [0.25, 0.3) is 0 Å². The second kappa shape index (κ2) is 4.97. The maximum Gasteiger partial charge on any atom is 0.307 e. The van der Waals surface area contributed by atoms with Crippen molar-refractivity contribution in [2.24, 2.45) is 5.92 Å². The first-order valence-corrected chi connectivity index (χ1v) is 4.99. The highest BCUT2D eigenvalue weighted by molar-refractivity contribution is 5.70. The minimum absolute atomic E-state index is 0.245. The summed E-state index contributed by atoms with van der Waals surface area (Å²) < 4.78 is 0. The summed E-state index contributed by atoms with van der Waals surface area (Å²) in [4.78, 5) is 12.9. The lowest BCUT2D eigenvalue weighted by Crippen LogP contribution is -2.44. The third-order valence-electron chi connectivity index (χ3n) is 2.87. The molecule has 0 aliphatic carbocycles. The molecule has 1 rings (SSSR count). The molecule has 1 fully saturated rings. The van der Waals surface area contributed by atoms with E-state index in [9.17, 15) is 4.79 Å². The zero-order valence-electron chi connectivity index (χ0n) is 8.44. The van der Waals surface area contributed by atoms with Crippen molar-refractivity contribution in [2.45, 2.75) is 32.2 Å². The maximum atomic E-state index is 10.8. The fourth-order valence-electron chi connectivity index (χ4n) is 1.89. The van der Waals surface area contributed by atoms with Gasteiger partial charge in [-0.05, 0) is 19.8 Å². The summed E-state index contributed by atoms with van der Waals surface area (Å²) in [5.74, 6) is -0.955. The number of nitriles is 1. The Balaban J connectivity index is 2.47. The second-order valence-electron chi connectivity index (χ2n) is 3.86. The molecule has 0 spiro atoms. The molecule has 0 amide bonds. The van der Waals surface area contributed by atoms with Crippen LogP contribution in [0, 0.1) is 17.2 Å². The van der Waals surface area contributed by atoms with Crippen LogP contribution >= 0.6 is 0 Å². The van der Waals surface area contributed by atoms with Crippen LogP contribution in [0.5, 0.6) is 0 Å². The smallest absolute Gasteiger partial charge is 0.307 e. The molecule has 1 aliphatic rings. The number of piperidine rings is 1. The molecule has 0 saturated carbocycles. The maximum absolute atomic E-state index is 10.8. The Bertz CT molecular complexity index is 247. The highest BCUT2D eigenvalue weighted by Crippen LogP contribution is 2.21. The van der Waals surface area contributed by atoms with E-state index in [4.69, 9.17) is 10.4 Å². The number of rotatable bonds is 3. The first-order chi connectivity index (χ1) is 6.65. The molecule has 14 heavy (non-hydrogen) atoms. The van der Waals surface area contributed by atoms with E-state index in [1.807, 2.05) is 0 Å². The third-order valence-corrected chi connectivity index (χ3v) is 2.87. The number of carboxylic acid groups (broad SMARTS) is 1. The molecule has 1 heterocycles. The Kier molecular flexibility index (Phi) is 3.90. The number of carboxylic acids is 1. The average molecular weight is 196 g/mol. The first kappa shape index (κ1) is 11.0. The van der Waals surface area contributed by atoms with Gasteiger partial charge < -0.3 is 5.11 Å². The van der Waals surface area contributed by atoms with Crippen LogP contribution in [0.2, 0.25) is 0 Å². The summed E-state index contributed by atoms with van der Waals surface area (Å²) in [6.45, 7) is 3.38. The summed E-state index contributed by atoms with van der Waals surface area (Å²) in [7, 11) is 0. The highest BCUT2D eigenvalue weighted by atomic mass is 16.4. The zero-order valence-corrected chi connectivity index (χ0v) is 8.44. The van der Waals surface area contributed by atoms with Crippen molar-refractivity contribution in [3.8, 4) is 6.07 Å². The van der Waals surface area contributed by atoms with Crippen molar-refractivity contribution < 1.29 is 9.90 Å². The highest BCUT2D eigenvalue weighted by Gasteiger charge is 2.28. The monoisotopic (exact) mass is 196 g/mol. The van der Waals surface area contributed by atoms with Gasteiger partial charge in [0, 0.05) is 25.6 Å². The van der Waals surface area contributed by atoms with Gasteiger partial charge in [-0.3, -0.25) is 9.69 Å². The fourth-order valence-corrected chi connectivity index (χ4v) is 1.89. The van der Waals surface area contributed by atoms with E-state index in [0.717, 1.165) is 12.8 Å². The minimum Gasteiger partial charge on any atom is -0.481 e. The van der Waals surface area contributed by atoms with E-state index < -0.39 is 5.97 Å². The summed E-state index contributed by atoms with van der Waals surface area (Å²) in [6.07, 6.45) is 2.17. The Morgan fingerprint density at radius 3 is 2.93 bits per heavy atom. The first-order valence-electron chi connectivity index (χ1n) is 4.99. The van der Waals surface area contributed by atoms with Crippen LogP contribution < -0.4 is 0 Å². The predicted molar refractivity (Wildman–Crippen MR) is 51.6 cm³/mol. The molecule has 0 aromatic heterocycles. The molecule has 2 unspecified atom stereocenters. The van der Waals surface area contributed by atoms with Crippen molar-refractivity contribution in [1.29, 1.82) is 5.26 Å². The molecule has 2 atom stereocenters. The lowest BCUT2D eigenvalue weighted by molar-refractivity contribution is -0.144. The van der Waals surface area contributed by atoms with Gasteiger partial charge >= 0.3 is 5.97 Å².